The number of nitrogens with one attached hydrogen (secondary N) is 1. The van der Waals surface area contributed by atoms with E-state index < -0.39 is 11.7 Å². The third-order valence-electron chi connectivity index (χ3n) is 5.66. The summed E-state index contributed by atoms with van der Waals surface area (Å²) in [4.78, 5) is 27.4. The Morgan fingerprint density at radius 3 is 2.39 bits per heavy atom. The van der Waals surface area contributed by atoms with Crippen LogP contribution in [0.15, 0.2) is 52.9 Å². The quantitative estimate of drug-likeness (QED) is 0.588. The number of ether oxygens (including phenoxy) is 2. The van der Waals surface area contributed by atoms with Crippen molar-refractivity contribution in [1.82, 2.24) is 10.2 Å². The van der Waals surface area contributed by atoms with Crippen LogP contribution in [0.4, 0.5) is 4.79 Å². The molecular formula is C26H30N2O5. The van der Waals surface area contributed by atoms with Gasteiger partial charge in [-0.25, -0.2) is 4.79 Å². The number of piperidine rings is 1. The Hall–Kier alpha value is -3.48. The van der Waals surface area contributed by atoms with Crippen molar-refractivity contribution in [1.29, 1.82) is 0 Å². The minimum absolute atomic E-state index is 0.0302. The SMILES string of the molecule is COc1ccc2c(-c3ccccc3)c(C(=O)N3CCC(NC(=O)OC(C)(C)C)CC3)oc2c1. The highest BCUT2D eigenvalue weighted by Gasteiger charge is 2.30. The van der Waals surface area contributed by atoms with Gasteiger partial charge in [-0.2, -0.15) is 0 Å². The molecule has 2 heterocycles. The van der Waals surface area contributed by atoms with E-state index in [1.807, 2.05) is 63.2 Å². The highest BCUT2D eigenvalue weighted by atomic mass is 16.6. The third-order valence-corrected chi connectivity index (χ3v) is 5.66. The molecule has 0 unspecified atom stereocenters. The molecule has 0 atom stereocenters. The van der Waals surface area contributed by atoms with Crippen molar-refractivity contribution in [2.24, 2.45) is 0 Å². The normalized spacial score (nSPS) is 14.8. The number of furan rings is 1. The van der Waals surface area contributed by atoms with Gasteiger partial charge in [0.2, 0.25) is 5.76 Å². The number of alkyl carbamates (subject to hydrolysis) is 1. The summed E-state index contributed by atoms with van der Waals surface area (Å²) >= 11 is 0. The van der Waals surface area contributed by atoms with Crippen LogP contribution in [0.5, 0.6) is 5.75 Å². The number of methoxy groups -OCH3 is 1. The molecule has 1 aliphatic rings. The molecule has 0 saturated carbocycles. The molecule has 7 heteroatoms. The van der Waals surface area contributed by atoms with Crippen LogP contribution < -0.4 is 10.1 Å². The predicted octanol–water partition coefficient (Wildman–Crippen LogP) is 5.24. The van der Waals surface area contributed by atoms with Crippen molar-refractivity contribution in [3.63, 3.8) is 0 Å². The summed E-state index contributed by atoms with van der Waals surface area (Å²) in [6, 6.07) is 15.3. The topological polar surface area (TPSA) is 81.0 Å². The number of carbonyl (C=O) groups is 2. The fraction of sp³-hybridized carbons (Fsp3) is 0.385. The highest BCUT2D eigenvalue weighted by Crippen LogP contribution is 2.37. The van der Waals surface area contributed by atoms with Gasteiger partial charge in [0.15, 0.2) is 0 Å². The van der Waals surface area contributed by atoms with Crippen LogP contribution in [0.2, 0.25) is 0 Å². The van der Waals surface area contributed by atoms with Crippen LogP contribution in [0.25, 0.3) is 22.1 Å². The minimum atomic E-state index is -0.543. The Balaban J connectivity index is 1.54. The minimum Gasteiger partial charge on any atom is -0.497 e. The molecule has 2 aromatic carbocycles. The summed E-state index contributed by atoms with van der Waals surface area (Å²) in [5.74, 6) is 0.839. The molecule has 174 valence electrons. The van der Waals surface area contributed by atoms with Gasteiger partial charge in [0.25, 0.3) is 5.91 Å². The Kier molecular flexibility index (Phi) is 6.31. The molecule has 0 bridgehead atoms. The zero-order valence-corrected chi connectivity index (χ0v) is 19.5. The van der Waals surface area contributed by atoms with Gasteiger partial charge in [-0.05, 0) is 51.3 Å². The molecule has 0 radical (unpaired) electrons. The number of nitrogens with zero attached hydrogens (tertiary/aromatic N) is 1. The summed E-state index contributed by atoms with van der Waals surface area (Å²) in [6.07, 6.45) is 0.879. The van der Waals surface area contributed by atoms with Crippen LogP contribution in [-0.2, 0) is 4.74 Å². The molecular weight excluding hydrogens is 420 g/mol. The van der Waals surface area contributed by atoms with Gasteiger partial charge in [-0.1, -0.05) is 30.3 Å². The second-order valence-electron chi connectivity index (χ2n) is 9.25. The van der Waals surface area contributed by atoms with Crippen LogP contribution in [-0.4, -0.2) is 48.7 Å². The lowest BCUT2D eigenvalue weighted by atomic mass is 10.00. The number of benzene rings is 2. The largest absolute Gasteiger partial charge is 0.497 e. The van der Waals surface area contributed by atoms with Crippen molar-refractivity contribution in [2.75, 3.05) is 20.2 Å². The van der Waals surface area contributed by atoms with Gasteiger partial charge in [0.05, 0.1) is 7.11 Å². The van der Waals surface area contributed by atoms with Gasteiger partial charge in [-0.15, -0.1) is 0 Å². The van der Waals surface area contributed by atoms with E-state index in [2.05, 4.69) is 5.32 Å². The van der Waals surface area contributed by atoms with E-state index in [1.54, 1.807) is 18.1 Å². The van der Waals surface area contributed by atoms with Crippen molar-refractivity contribution >= 4 is 23.0 Å². The summed E-state index contributed by atoms with van der Waals surface area (Å²) < 4.78 is 16.8. The molecule has 1 aliphatic heterocycles. The first kappa shape index (κ1) is 22.7. The second kappa shape index (κ2) is 9.17. The fourth-order valence-electron chi connectivity index (χ4n) is 4.09. The van der Waals surface area contributed by atoms with Gasteiger partial charge in [0, 0.05) is 36.1 Å². The number of fused-ring (bicyclic) bond motifs is 1. The lowest BCUT2D eigenvalue weighted by molar-refractivity contribution is 0.0471. The maximum atomic E-state index is 13.5. The summed E-state index contributed by atoms with van der Waals surface area (Å²) in [7, 11) is 1.60. The number of amides is 2. The van der Waals surface area contributed by atoms with Crippen molar-refractivity contribution in [3.05, 3.63) is 54.3 Å². The Labute approximate surface area is 193 Å². The number of likely N-dealkylation sites (tertiary alicyclic amines) is 1. The summed E-state index contributed by atoms with van der Waals surface area (Å²) in [5.41, 5.74) is 1.77. The number of rotatable bonds is 4. The van der Waals surface area contributed by atoms with Crippen LogP contribution in [0, 0.1) is 0 Å². The molecule has 0 spiro atoms. The highest BCUT2D eigenvalue weighted by molar-refractivity contribution is 6.08. The molecule has 2 amide bonds. The zero-order chi connectivity index (χ0) is 23.6. The smallest absolute Gasteiger partial charge is 0.407 e. The Morgan fingerprint density at radius 1 is 1.06 bits per heavy atom. The third kappa shape index (κ3) is 5.13. The average molecular weight is 451 g/mol. The predicted molar refractivity (Wildman–Crippen MR) is 126 cm³/mol. The average Bonchev–Trinajstić information content (AvgIpc) is 3.17. The lowest BCUT2D eigenvalue weighted by Crippen LogP contribution is -2.47. The van der Waals surface area contributed by atoms with Crippen molar-refractivity contribution < 1.29 is 23.5 Å². The first-order valence-electron chi connectivity index (χ1n) is 11.2. The standard InChI is InChI=1S/C26H30N2O5/c1-26(2,3)33-25(30)27-18-12-14-28(15-13-18)24(29)23-22(17-8-6-5-7-9-17)20-11-10-19(31-4)16-21(20)32-23/h5-11,16,18H,12-15H2,1-4H3,(H,27,30). The molecule has 3 aromatic rings. The molecule has 4 rings (SSSR count). The van der Waals surface area contributed by atoms with Crippen LogP contribution >= 0.6 is 0 Å². The van der Waals surface area contributed by atoms with E-state index in [4.69, 9.17) is 13.9 Å². The molecule has 33 heavy (non-hydrogen) atoms. The number of hydrogen-bond acceptors (Lipinski definition) is 5. The van der Waals surface area contributed by atoms with Gasteiger partial charge < -0.3 is 24.1 Å². The number of carbonyl (C=O) groups excluding carboxylic acids is 2. The summed E-state index contributed by atoms with van der Waals surface area (Å²) in [6.45, 7) is 6.55. The first-order chi connectivity index (χ1) is 15.7. The van der Waals surface area contributed by atoms with E-state index in [-0.39, 0.29) is 11.9 Å². The van der Waals surface area contributed by atoms with E-state index in [0.29, 0.717) is 43.0 Å². The molecule has 1 aromatic heterocycles. The van der Waals surface area contributed by atoms with Gasteiger partial charge in [-0.3, -0.25) is 4.79 Å². The van der Waals surface area contributed by atoms with Crippen molar-refractivity contribution in [2.45, 2.75) is 45.3 Å². The maximum absolute atomic E-state index is 13.5. The summed E-state index contributed by atoms with van der Waals surface area (Å²) in [5, 5.41) is 3.78. The van der Waals surface area contributed by atoms with E-state index >= 15 is 0 Å². The zero-order valence-electron chi connectivity index (χ0n) is 19.5. The number of hydrogen-bond donors (Lipinski definition) is 1. The fourth-order valence-corrected chi connectivity index (χ4v) is 4.09. The lowest BCUT2D eigenvalue weighted by Gasteiger charge is -2.32. The van der Waals surface area contributed by atoms with Crippen LogP contribution in [0.1, 0.15) is 44.2 Å². The van der Waals surface area contributed by atoms with Crippen molar-refractivity contribution in [3.8, 4) is 16.9 Å². The van der Waals surface area contributed by atoms with Crippen LogP contribution in [0.3, 0.4) is 0 Å². The second-order valence-corrected chi connectivity index (χ2v) is 9.25. The molecule has 1 N–H and O–H groups in total. The van der Waals surface area contributed by atoms with E-state index in [1.165, 1.54) is 0 Å². The van der Waals surface area contributed by atoms with Gasteiger partial charge >= 0.3 is 6.09 Å². The molecule has 1 fully saturated rings. The molecule has 1 saturated heterocycles. The molecule has 7 nitrogen and oxygen atoms in total. The van der Waals surface area contributed by atoms with E-state index in [0.717, 1.165) is 16.5 Å². The Morgan fingerprint density at radius 2 is 1.76 bits per heavy atom. The maximum Gasteiger partial charge on any atom is 0.407 e. The Bertz CT molecular complexity index is 1140. The molecule has 0 aliphatic carbocycles. The first-order valence-corrected chi connectivity index (χ1v) is 11.2. The monoisotopic (exact) mass is 450 g/mol. The van der Waals surface area contributed by atoms with Gasteiger partial charge in [0.1, 0.15) is 16.9 Å². The van der Waals surface area contributed by atoms with E-state index in [9.17, 15) is 9.59 Å².